The molecule has 128 valence electrons. The van der Waals surface area contributed by atoms with Crippen molar-refractivity contribution in [3.63, 3.8) is 0 Å². The van der Waals surface area contributed by atoms with Crippen molar-refractivity contribution in [1.29, 1.82) is 0 Å². The third kappa shape index (κ3) is 5.03. The molecule has 1 atom stereocenters. The highest BCUT2D eigenvalue weighted by atomic mass is 19.3. The van der Waals surface area contributed by atoms with Gasteiger partial charge < -0.3 is 15.8 Å². The van der Waals surface area contributed by atoms with E-state index in [2.05, 4.69) is 10.1 Å². The van der Waals surface area contributed by atoms with Crippen LogP contribution >= 0.6 is 0 Å². The van der Waals surface area contributed by atoms with Crippen LogP contribution in [0.25, 0.3) is 0 Å². The molecule has 4 nitrogen and oxygen atoms in total. The first-order valence-electron chi connectivity index (χ1n) is 7.62. The molecule has 24 heavy (non-hydrogen) atoms. The van der Waals surface area contributed by atoms with Gasteiger partial charge in [-0.05, 0) is 23.8 Å². The normalized spacial score (nSPS) is 12.0. The number of ether oxygens (including phenoxy) is 1. The summed E-state index contributed by atoms with van der Waals surface area (Å²) in [6, 6.07) is 14.0. The summed E-state index contributed by atoms with van der Waals surface area (Å²) in [5.74, 6) is -0.455. The third-order valence-electron chi connectivity index (χ3n) is 3.58. The van der Waals surface area contributed by atoms with Gasteiger partial charge in [0.05, 0.1) is 0 Å². The number of amides is 1. The highest BCUT2D eigenvalue weighted by molar-refractivity contribution is 5.92. The Hall–Kier alpha value is -2.47. The van der Waals surface area contributed by atoms with Crippen molar-refractivity contribution < 1.29 is 18.3 Å². The van der Waals surface area contributed by atoms with Gasteiger partial charge in [0.25, 0.3) is 0 Å². The van der Waals surface area contributed by atoms with Gasteiger partial charge in [-0.25, -0.2) is 0 Å². The molecule has 0 radical (unpaired) electrons. The van der Waals surface area contributed by atoms with Crippen LogP contribution in [0.4, 0.5) is 14.5 Å². The smallest absolute Gasteiger partial charge is 0.387 e. The minimum atomic E-state index is -2.91. The summed E-state index contributed by atoms with van der Waals surface area (Å²) in [6.07, 6.45) is 0.416. The zero-order valence-electron chi connectivity index (χ0n) is 13.3. The zero-order valence-corrected chi connectivity index (χ0v) is 13.3. The number of alkyl halides is 2. The molecule has 0 heterocycles. The summed E-state index contributed by atoms with van der Waals surface area (Å²) in [5.41, 5.74) is 7.52. The van der Waals surface area contributed by atoms with E-state index >= 15 is 0 Å². The van der Waals surface area contributed by atoms with E-state index in [1.54, 1.807) is 13.0 Å². The van der Waals surface area contributed by atoms with Crippen molar-refractivity contribution in [2.24, 2.45) is 11.7 Å². The first-order chi connectivity index (χ1) is 11.5. The average molecular weight is 334 g/mol. The molecular weight excluding hydrogens is 314 g/mol. The Morgan fingerprint density at radius 2 is 1.92 bits per heavy atom. The molecular formula is C18H20F2N2O2. The average Bonchev–Trinajstić information content (AvgIpc) is 2.57. The van der Waals surface area contributed by atoms with E-state index in [9.17, 15) is 13.6 Å². The number of nitrogens with two attached hydrogens (primary N) is 1. The molecule has 6 heteroatoms. The second-order valence-electron chi connectivity index (χ2n) is 5.49. The van der Waals surface area contributed by atoms with Gasteiger partial charge in [0.1, 0.15) is 5.75 Å². The number of rotatable bonds is 7. The van der Waals surface area contributed by atoms with E-state index in [1.807, 2.05) is 30.3 Å². The van der Waals surface area contributed by atoms with Gasteiger partial charge in [-0.15, -0.1) is 0 Å². The minimum absolute atomic E-state index is 0.0960. The van der Waals surface area contributed by atoms with E-state index in [1.165, 1.54) is 12.1 Å². The van der Waals surface area contributed by atoms with Gasteiger partial charge in [-0.3, -0.25) is 4.79 Å². The maximum atomic E-state index is 12.6. The molecule has 0 bridgehead atoms. The molecule has 0 aliphatic carbocycles. The Kier molecular flexibility index (Phi) is 6.26. The minimum Gasteiger partial charge on any atom is -0.435 e. The lowest BCUT2D eigenvalue weighted by Gasteiger charge is -2.15. The predicted molar refractivity (Wildman–Crippen MR) is 89.2 cm³/mol. The van der Waals surface area contributed by atoms with Gasteiger partial charge >= 0.3 is 6.61 Å². The van der Waals surface area contributed by atoms with Crippen molar-refractivity contribution in [3.05, 3.63) is 59.7 Å². The van der Waals surface area contributed by atoms with Crippen LogP contribution in [-0.2, 0) is 11.2 Å². The quantitative estimate of drug-likeness (QED) is 0.815. The largest absolute Gasteiger partial charge is 0.435 e. The lowest BCUT2D eigenvalue weighted by molar-refractivity contribution is -0.119. The van der Waals surface area contributed by atoms with Crippen molar-refractivity contribution >= 4 is 11.6 Å². The molecule has 3 N–H and O–H groups in total. The van der Waals surface area contributed by atoms with E-state index in [4.69, 9.17) is 5.73 Å². The van der Waals surface area contributed by atoms with E-state index < -0.39 is 6.61 Å². The Morgan fingerprint density at radius 1 is 1.21 bits per heavy atom. The Bertz CT molecular complexity index is 678. The second kappa shape index (κ2) is 8.40. The maximum absolute atomic E-state index is 12.6. The number of benzene rings is 2. The molecule has 0 aliphatic rings. The molecule has 0 aromatic heterocycles. The van der Waals surface area contributed by atoms with Crippen molar-refractivity contribution in [2.45, 2.75) is 20.0 Å². The number of nitrogens with one attached hydrogen (secondary N) is 1. The number of halogens is 2. The van der Waals surface area contributed by atoms with E-state index in [0.29, 0.717) is 17.7 Å². The summed E-state index contributed by atoms with van der Waals surface area (Å²) in [5, 5.41) is 2.74. The van der Waals surface area contributed by atoms with Crippen molar-refractivity contribution in [2.75, 3.05) is 11.9 Å². The summed E-state index contributed by atoms with van der Waals surface area (Å²) < 4.78 is 29.8. The second-order valence-corrected chi connectivity index (χ2v) is 5.49. The molecule has 2 rings (SSSR count). The summed E-state index contributed by atoms with van der Waals surface area (Å²) in [7, 11) is 0. The number of carbonyl (C=O) groups excluding carboxylic acids is 1. The Labute approximate surface area is 139 Å². The van der Waals surface area contributed by atoms with Gasteiger partial charge in [0.15, 0.2) is 0 Å². The fourth-order valence-corrected chi connectivity index (χ4v) is 2.19. The number of carbonyl (C=O) groups is 1. The molecule has 1 unspecified atom stereocenters. The number of anilines is 1. The zero-order chi connectivity index (χ0) is 17.5. The van der Waals surface area contributed by atoms with Crippen LogP contribution in [0.5, 0.6) is 5.75 Å². The van der Waals surface area contributed by atoms with Gasteiger partial charge in [0, 0.05) is 30.1 Å². The van der Waals surface area contributed by atoms with Crippen LogP contribution in [0.1, 0.15) is 18.1 Å². The number of hydrogen-bond donors (Lipinski definition) is 2. The van der Waals surface area contributed by atoms with Crippen LogP contribution in [0.2, 0.25) is 0 Å². The predicted octanol–water partition coefficient (Wildman–Crippen LogP) is 3.41. The highest BCUT2D eigenvalue weighted by Crippen LogP contribution is 2.27. The SMILES string of the molecule is CC(CN)C(=O)Nc1ccc(OC(F)F)c(Cc2ccccc2)c1. The van der Waals surface area contributed by atoms with E-state index in [-0.39, 0.29) is 24.1 Å². The molecule has 0 spiro atoms. The Morgan fingerprint density at radius 3 is 2.54 bits per heavy atom. The standard InChI is InChI=1S/C18H20F2N2O2/c1-12(11-21)17(23)22-15-7-8-16(24-18(19)20)14(10-15)9-13-5-3-2-4-6-13/h2-8,10,12,18H,9,11,21H2,1H3,(H,22,23). The fraction of sp³-hybridized carbons (Fsp3) is 0.278. The summed E-state index contributed by atoms with van der Waals surface area (Å²) in [6.45, 7) is -0.957. The summed E-state index contributed by atoms with van der Waals surface area (Å²) >= 11 is 0. The van der Waals surface area contributed by atoms with Gasteiger partial charge in [-0.1, -0.05) is 37.3 Å². The lowest BCUT2D eigenvalue weighted by atomic mass is 10.0. The summed E-state index contributed by atoms with van der Waals surface area (Å²) in [4.78, 5) is 11.9. The molecule has 2 aromatic carbocycles. The topological polar surface area (TPSA) is 64.4 Å². The third-order valence-corrected chi connectivity index (χ3v) is 3.58. The van der Waals surface area contributed by atoms with Crippen molar-refractivity contribution in [1.82, 2.24) is 0 Å². The monoisotopic (exact) mass is 334 g/mol. The van der Waals surface area contributed by atoms with Crippen LogP contribution in [-0.4, -0.2) is 19.1 Å². The molecule has 1 amide bonds. The lowest BCUT2D eigenvalue weighted by Crippen LogP contribution is -2.26. The van der Waals surface area contributed by atoms with Gasteiger partial charge in [-0.2, -0.15) is 8.78 Å². The van der Waals surface area contributed by atoms with Crippen LogP contribution in [0.15, 0.2) is 48.5 Å². The molecule has 0 saturated carbocycles. The first-order valence-corrected chi connectivity index (χ1v) is 7.62. The molecule has 2 aromatic rings. The van der Waals surface area contributed by atoms with Crippen LogP contribution < -0.4 is 15.8 Å². The van der Waals surface area contributed by atoms with Gasteiger partial charge in [0.2, 0.25) is 5.91 Å². The first kappa shape index (κ1) is 17.9. The fourth-order valence-electron chi connectivity index (χ4n) is 2.19. The molecule has 0 saturated heterocycles. The van der Waals surface area contributed by atoms with E-state index in [0.717, 1.165) is 5.56 Å². The molecule has 0 aliphatic heterocycles. The van der Waals surface area contributed by atoms with Crippen LogP contribution in [0.3, 0.4) is 0 Å². The maximum Gasteiger partial charge on any atom is 0.387 e. The number of hydrogen-bond acceptors (Lipinski definition) is 3. The van der Waals surface area contributed by atoms with Crippen LogP contribution in [0, 0.1) is 5.92 Å². The van der Waals surface area contributed by atoms with Crippen molar-refractivity contribution in [3.8, 4) is 5.75 Å². The molecule has 0 fully saturated rings. The Balaban J connectivity index is 2.26. The highest BCUT2D eigenvalue weighted by Gasteiger charge is 2.14.